The maximum Gasteiger partial charge on any atom is 0.257 e. The summed E-state index contributed by atoms with van der Waals surface area (Å²) in [5.74, 6) is -2.57. The third-order valence-electron chi connectivity index (χ3n) is 4.17. The van der Waals surface area contributed by atoms with Crippen LogP contribution in [0.2, 0.25) is 0 Å². The molecule has 2 fully saturated rings. The van der Waals surface area contributed by atoms with E-state index in [1.54, 1.807) is 0 Å². The Labute approximate surface area is 96.2 Å². The first-order valence-electron chi connectivity index (χ1n) is 6.30. The minimum Gasteiger partial charge on any atom is -0.328 e. The zero-order chi connectivity index (χ0) is 11.8. The van der Waals surface area contributed by atoms with Crippen LogP contribution in [-0.2, 0) is 0 Å². The molecule has 0 atom stereocenters. The summed E-state index contributed by atoms with van der Waals surface area (Å²) < 4.78 is 26.2. The largest absolute Gasteiger partial charge is 0.328 e. The fourth-order valence-corrected chi connectivity index (χ4v) is 3.32. The summed E-state index contributed by atoms with van der Waals surface area (Å²) in [4.78, 5) is 2.03. The molecular formula is C12H22F2N2. The molecule has 2 rings (SSSR count). The number of nitrogens with two attached hydrogens (primary N) is 1. The lowest BCUT2D eigenvalue weighted by atomic mass is 9.78. The highest BCUT2D eigenvalue weighted by atomic mass is 19.3. The van der Waals surface area contributed by atoms with Gasteiger partial charge in [-0.05, 0) is 45.1 Å². The first-order chi connectivity index (χ1) is 7.41. The third-order valence-corrected chi connectivity index (χ3v) is 4.17. The molecular weight excluding hydrogens is 210 g/mol. The Bertz CT molecular complexity index is 242. The van der Waals surface area contributed by atoms with Crippen molar-refractivity contribution in [2.24, 2.45) is 5.73 Å². The van der Waals surface area contributed by atoms with Crippen LogP contribution < -0.4 is 5.73 Å². The molecule has 0 bridgehead atoms. The van der Waals surface area contributed by atoms with Gasteiger partial charge in [-0.15, -0.1) is 0 Å². The van der Waals surface area contributed by atoms with Gasteiger partial charge >= 0.3 is 0 Å². The molecule has 1 spiro atoms. The summed E-state index contributed by atoms with van der Waals surface area (Å²) in [7, 11) is 0. The van der Waals surface area contributed by atoms with E-state index < -0.39 is 5.92 Å². The Morgan fingerprint density at radius 1 is 1.31 bits per heavy atom. The molecule has 2 N–H and O–H groups in total. The van der Waals surface area contributed by atoms with Crippen molar-refractivity contribution in [1.82, 2.24) is 4.90 Å². The van der Waals surface area contributed by atoms with E-state index in [2.05, 4.69) is 0 Å². The third kappa shape index (κ3) is 2.54. The van der Waals surface area contributed by atoms with E-state index >= 15 is 0 Å². The first kappa shape index (κ1) is 12.2. The van der Waals surface area contributed by atoms with Gasteiger partial charge in [0, 0.05) is 18.5 Å². The van der Waals surface area contributed by atoms with Gasteiger partial charge in [0.2, 0.25) is 0 Å². The number of likely N-dealkylation sites (tertiary alicyclic amines) is 1. The highest BCUT2D eigenvalue weighted by Crippen LogP contribution is 2.42. The molecule has 0 radical (unpaired) electrons. The van der Waals surface area contributed by atoms with E-state index in [9.17, 15) is 8.78 Å². The Morgan fingerprint density at radius 2 is 1.94 bits per heavy atom. The molecule has 2 nitrogen and oxygen atoms in total. The van der Waals surface area contributed by atoms with E-state index in [1.165, 1.54) is 0 Å². The van der Waals surface area contributed by atoms with Crippen molar-refractivity contribution in [3.05, 3.63) is 0 Å². The Kier molecular flexibility index (Phi) is 3.23. The maximum atomic E-state index is 13.1. The van der Waals surface area contributed by atoms with Crippen LogP contribution in [0.5, 0.6) is 0 Å². The van der Waals surface area contributed by atoms with Crippen LogP contribution in [0.25, 0.3) is 0 Å². The zero-order valence-corrected chi connectivity index (χ0v) is 10.0. The number of rotatable bonds is 2. The summed E-state index contributed by atoms with van der Waals surface area (Å²) in [6.07, 6.45) is 6.13. The quantitative estimate of drug-likeness (QED) is 0.792. The van der Waals surface area contributed by atoms with Crippen molar-refractivity contribution in [3.8, 4) is 0 Å². The Hall–Kier alpha value is -0.220. The molecule has 4 heteroatoms. The van der Waals surface area contributed by atoms with E-state index in [0.29, 0.717) is 0 Å². The molecule has 1 heterocycles. The van der Waals surface area contributed by atoms with E-state index in [0.717, 1.165) is 52.0 Å². The number of hydrogen-bond acceptors (Lipinski definition) is 2. The van der Waals surface area contributed by atoms with Crippen LogP contribution in [0.1, 0.15) is 45.4 Å². The zero-order valence-electron chi connectivity index (χ0n) is 10.0. The molecule has 94 valence electrons. The average molecular weight is 232 g/mol. The van der Waals surface area contributed by atoms with Crippen LogP contribution in [-0.4, -0.2) is 35.5 Å². The van der Waals surface area contributed by atoms with E-state index in [1.807, 2.05) is 4.90 Å². The highest BCUT2D eigenvalue weighted by Gasteiger charge is 2.45. The highest BCUT2D eigenvalue weighted by molar-refractivity contribution is 5.00. The molecule has 1 aliphatic carbocycles. The second kappa shape index (κ2) is 4.22. The molecule has 1 aliphatic heterocycles. The number of hydrogen-bond donors (Lipinski definition) is 1. The van der Waals surface area contributed by atoms with Crippen LogP contribution in [0.4, 0.5) is 8.78 Å². The van der Waals surface area contributed by atoms with Gasteiger partial charge in [-0.25, -0.2) is 8.78 Å². The van der Waals surface area contributed by atoms with Gasteiger partial charge in [0.05, 0.1) is 6.54 Å². The minimum atomic E-state index is -2.57. The number of alkyl halides is 2. The molecule has 2 aliphatic rings. The number of halogens is 2. The summed E-state index contributed by atoms with van der Waals surface area (Å²) >= 11 is 0. The van der Waals surface area contributed by atoms with Gasteiger partial charge in [-0.1, -0.05) is 0 Å². The summed E-state index contributed by atoms with van der Waals surface area (Å²) in [5, 5.41) is 0. The maximum absolute atomic E-state index is 13.1. The molecule has 0 aromatic carbocycles. The van der Waals surface area contributed by atoms with E-state index in [4.69, 9.17) is 5.73 Å². The molecule has 0 unspecified atom stereocenters. The van der Waals surface area contributed by atoms with Crippen molar-refractivity contribution in [2.75, 3.05) is 13.1 Å². The predicted octanol–water partition coefficient (Wildman–Crippen LogP) is 2.38. The summed E-state index contributed by atoms with van der Waals surface area (Å²) in [5.41, 5.74) is 5.94. The van der Waals surface area contributed by atoms with E-state index in [-0.39, 0.29) is 18.1 Å². The van der Waals surface area contributed by atoms with Crippen molar-refractivity contribution in [3.63, 3.8) is 0 Å². The SMILES string of the molecule is CC(F)(F)CN1CCCC12CCC(N)CC2. The van der Waals surface area contributed by atoms with Crippen LogP contribution in [0, 0.1) is 0 Å². The van der Waals surface area contributed by atoms with Gasteiger partial charge in [-0.3, -0.25) is 4.90 Å². The molecule has 1 saturated heterocycles. The fraction of sp³-hybridized carbons (Fsp3) is 1.00. The predicted molar refractivity (Wildman–Crippen MR) is 60.6 cm³/mol. The monoisotopic (exact) mass is 232 g/mol. The normalized spacial score (nSPS) is 37.1. The first-order valence-corrected chi connectivity index (χ1v) is 6.30. The van der Waals surface area contributed by atoms with Crippen molar-refractivity contribution in [1.29, 1.82) is 0 Å². The Morgan fingerprint density at radius 3 is 2.50 bits per heavy atom. The van der Waals surface area contributed by atoms with Crippen LogP contribution in [0.3, 0.4) is 0 Å². The van der Waals surface area contributed by atoms with Crippen molar-refractivity contribution in [2.45, 2.75) is 63.0 Å². The minimum absolute atomic E-state index is 0.0509. The molecule has 1 saturated carbocycles. The molecule has 0 amide bonds. The second-order valence-corrected chi connectivity index (χ2v) is 5.66. The molecule has 0 aromatic rings. The topological polar surface area (TPSA) is 29.3 Å². The average Bonchev–Trinajstić information content (AvgIpc) is 2.52. The van der Waals surface area contributed by atoms with Gasteiger partial charge < -0.3 is 5.73 Å². The number of nitrogens with zero attached hydrogens (tertiary/aromatic N) is 1. The fourth-order valence-electron chi connectivity index (χ4n) is 3.32. The summed E-state index contributed by atoms with van der Waals surface area (Å²) in [6, 6.07) is 0.287. The van der Waals surface area contributed by atoms with Gasteiger partial charge in [0.1, 0.15) is 0 Å². The van der Waals surface area contributed by atoms with Crippen LogP contribution >= 0.6 is 0 Å². The van der Waals surface area contributed by atoms with Gasteiger partial charge in [0.15, 0.2) is 0 Å². The smallest absolute Gasteiger partial charge is 0.257 e. The van der Waals surface area contributed by atoms with Crippen molar-refractivity contribution < 1.29 is 8.78 Å². The standard InChI is InChI=1S/C12H22F2N2/c1-11(13,14)9-16-8-2-5-12(16)6-3-10(15)4-7-12/h10H,2-9,15H2,1H3. The Balaban J connectivity index is 2.02. The molecule has 16 heavy (non-hydrogen) atoms. The lowest BCUT2D eigenvalue weighted by Gasteiger charge is -2.44. The summed E-state index contributed by atoms with van der Waals surface area (Å²) in [6.45, 7) is 1.77. The van der Waals surface area contributed by atoms with Gasteiger partial charge in [-0.2, -0.15) is 0 Å². The van der Waals surface area contributed by atoms with Crippen LogP contribution in [0.15, 0.2) is 0 Å². The molecule has 0 aromatic heterocycles. The van der Waals surface area contributed by atoms with Crippen molar-refractivity contribution >= 4 is 0 Å². The second-order valence-electron chi connectivity index (χ2n) is 5.66. The lowest BCUT2D eigenvalue weighted by molar-refractivity contribution is -0.0445. The van der Waals surface area contributed by atoms with Gasteiger partial charge in [0.25, 0.3) is 5.92 Å². The lowest BCUT2D eigenvalue weighted by Crippen LogP contribution is -2.51.